The maximum absolute atomic E-state index is 11.0. The summed E-state index contributed by atoms with van der Waals surface area (Å²) < 4.78 is 0. The molecule has 66 valence electrons. The van der Waals surface area contributed by atoms with Crippen molar-refractivity contribution in [3.05, 3.63) is 0 Å². The maximum Gasteiger partial charge on any atom is 0.142 e. The first-order valence-corrected chi connectivity index (χ1v) is 5.56. The smallest absolute Gasteiger partial charge is 0.142 e. The number of Topliss-reactive ketones (excluding diaryl/α,β-unsaturated/α-hetero) is 1. The Labute approximate surface area is 73.9 Å². The van der Waals surface area contributed by atoms with Crippen molar-refractivity contribution < 1.29 is 4.79 Å². The highest BCUT2D eigenvalue weighted by atomic mass is 32.2. The number of thioether (sulfide) groups is 1. The summed E-state index contributed by atoms with van der Waals surface area (Å²) in [6.07, 6.45) is 5.00. The molecule has 0 aliphatic heterocycles. The highest BCUT2D eigenvalue weighted by Crippen LogP contribution is 2.07. The van der Waals surface area contributed by atoms with Gasteiger partial charge in [0.2, 0.25) is 0 Å². The Hall–Kier alpha value is 0.0200. The Balaban J connectivity index is 3.17. The van der Waals surface area contributed by atoms with E-state index in [0.29, 0.717) is 11.5 Å². The number of carbonyl (C=O) groups is 1. The van der Waals surface area contributed by atoms with Gasteiger partial charge >= 0.3 is 0 Å². The van der Waals surface area contributed by atoms with E-state index in [2.05, 4.69) is 13.8 Å². The van der Waals surface area contributed by atoms with Gasteiger partial charge in [0.25, 0.3) is 0 Å². The number of ketones is 1. The van der Waals surface area contributed by atoms with Crippen molar-refractivity contribution in [2.45, 2.75) is 33.1 Å². The summed E-state index contributed by atoms with van der Waals surface area (Å²) in [4.78, 5) is 11.0. The van der Waals surface area contributed by atoms with Crippen LogP contribution in [0.5, 0.6) is 0 Å². The third-order valence-corrected chi connectivity index (χ3v) is 2.15. The molecule has 0 atom stereocenters. The van der Waals surface area contributed by atoms with Gasteiger partial charge in [0.15, 0.2) is 0 Å². The van der Waals surface area contributed by atoms with E-state index in [9.17, 15) is 4.79 Å². The van der Waals surface area contributed by atoms with Crippen LogP contribution in [0.2, 0.25) is 0 Å². The molecule has 0 heterocycles. The lowest BCUT2D eigenvalue weighted by molar-refractivity contribution is -0.116. The SMILES string of the molecule is CSCC(=O)CCCC(C)C. The second-order valence-corrected chi connectivity index (χ2v) is 4.12. The summed E-state index contributed by atoms with van der Waals surface area (Å²) >= 11 is 1.62. The fraction of sp³-hybridized carbons (Fsp3) is 0.889. The van der Waals surface area contributed by atoms with Crippen LogP contribution in [-0.4, -0.2) is 17.8 Å². The van der Waals surface area contributed by atoms with E-state index < -0.39 is 0 Å². The van der Waals surface area contributed by atoms with Crippen LogP contribution in [0.1, 0.15) is 33.1 Å². The molecule has 0 radical (unpaired) electrons. The molecule has 2 heteroatoms. The van der Waals surface area contributed by atoms with Crippen molar-refractivity contribution in [3.8, 4) is 0 Å². The zero-order valence-electron chi connectivity index (χ0n) is 7.72. The summed E-state index contributed by atoms with van der Waals surface area (Å²) in [5, 5.41) is 0. The van der Waals surface area contributed by atoms with E-state index in [4.69, 9.17) is 0 Å². The van der Waals surface area contributed by atoms with Gasteiger partial charge in [0.1, 0.15) is 5.78 Å². The molecule has 0 bridgehead atoms. The van der Waals surface area contributed by atoms with Gasteiger partial charge < -0.3 is 0 Å². The van der Waals surface area contributed by atoms with Crippen molar-refractivity contribution in [2.24, 2.45) is 5.92 Å². The Bertz CT molecular complexity index is 110. The van der Waals surface area contributed by atoms with Crippen molar-refractivity contribution >= 4 is 17.5 Å². The van der Waals surface area contributed by atoms with Crippen LogP contribution < -0.4 is 0 Å². The number of hydrogen-bond acceptors (Lipinski definition) is 2. The van der Waals surface area contributed by atoms with Crippen LogP contribution in [0.25, 0.3) is 0 Å². The molecular weight excluding hydrogens is 156 g/mol. The minimum atomic E-state index is 0.401. The van der Waals surface area contributed by atoms with Gasteiger partial charge in [-0.1, -0.05) is 20.3 Å². The van der Waals surface area contributed by atoms with Crippen LogP contribution in [0.3, 0.4) is 0 Å². The van der Waals surface area contributed by atoms with Crippen LogP contribution in [0.4, 0.5) is 0 Å². The predicted octanol–water partition coefficient (Wildman–Crippen LogP) is 2.74. The third kappa shape index (κ3) is 7.92. The number of carbonyl (C=O) groups excluding carboxylic acids is 1. The van der Waals surface area contributed by atoms with Crippen molar-refractivity contribution in [3.63, 3.8) is 0 Å². The summed E-state index contributed by atoms with van der Waals surface area (Å²) in [5.41, 5.74) is 0. The molecule has 0 saturated carbocycles. The molecule has 11 heavy (non-hydrogen) atoms. The lowest BCUT2D eigenvalue weighted by Gasteiger charge is -2.02. The maximum atomic E-state index is 11.0. The molecule has 0 unspecified atom stereocenters. The Kier molecular flexibility index (Phi) is 6.73. The van der Waals surface area contributed by atoms with Crippen molar-refractivity contribution in [2.75, 3.05) is 12.0 Å². The van der Waals surface area contributed by atoms with E-state index in [-0.39, 0.29) is 0 Å². The van der Waals surface area contributed by atoms with Crippen LogP contribution in [0.15, 0.2) is 0 Å². The quantitative estimate of drug-likeness (QED) is 0.616. The normalized spacial score (nSPS) is 10.5. The summed E-state index contributed by atoms with van der Waals surface area (Å²) in [6.45, 7) is 4.39. The molecule has 1 nitrogen and oxygen atoms in total. The molecule has 0 aromatic heterocycles. The molecule has 0 aromatic carbocycles. The molecule has 0 rings (SSSR count). The number of hydrogen-bond donors (Lipinski definition) is 0. The summed E-state index contributed by atoms with van der Waals surface area (Å²) in [5.74, 6) is 1.83. The lowest BCUT2D eigenvalue weighted by atomic mass is 10.1. The van der Waals surface area contributed by atoms with E-state index in [0.717, 1.165) is 18.8 Å². The monoisotopic (exact) mass is 174 g/mol. The van der Waals surface area contributed by atoms with E-state index in [1.807, 2.05) is 6.26 Å². The van der Waals surface area contributed by atoms with Crippen molar-refractivity contribution in [1.82, 2.24) is 0 Å². The fourth-order valence-corrected chi connectivity index (χ4v) is 1.41. The van der Waals surface area contributed by atoms with Crippen LogP contribution in [0, 0.1) is 5.92 Å². The van der Waals surface area contributed by atoms with Crippen LogP contribution in [-0.2, 0) is 4.79 Å². The first-order chi connectivity index (χ1) is 5.16. The average Bonchev–Trinajstić information content (AvgIpc) is 1.87. The average molecular weight is 174 g/mol. The Morgan fingerprint density at radius 1 is 1.45 bits per heavy atom. The topological polar surface area (TPSA) is 17.1 Å². The van der Waals surface area contributed by atoms with E-state index in [1.54, 1.807) is 11.8 Å². The summed E-state index contributed by atoms with van der Waals surface area (Å²) in [6, 6.07) is 0. The van der Waals surface area contributed by atoms with E-state index >= 15 is 0 Å². The molecule has 0 aliphatic rings. The Morgan fingerprint density at radius 3 is 2.55 bits per heavy atom. The number of rotatable bonds is 6. The summed E-state index contributed by atoms with van der Waals surface area (Å²) in [7, 11) is 0. The van der Waals surface area contributed by atoms with Crippen molar-refractivity contribution in [1.29, 1.82) is 0 Å². The van der Waals surface area contributed by atoms with Gasteiger partial charge in [-0.2, -0.15) is 11.8 Å². The largest absolute Gasteiger partial charge is 0.299 e. The lowest BCUT2D eigenvalue weighted by Crippen LogP contribution is -2.01. The second-order valence-electron chi connectivity index (χ2n) is 3.26. The van der Waals surface area contributed by atoms with Gasteiger partial charge in [-0.05, 0) is 18.6 Å². The predicted molar refractivity (Wildman–Crippen MR) is 52.1 cm³/mol. The molecule has 0 aliphatic carbocycles. The van der Waals surface area contributed by atoms with Gasteiger partial charge in [0.05, 0.1) is 5.75 Å². The highest BCUT2D eigenvalue weighted by molar-refractivity contribution is 7.99. The van der Waals surface area contributed by atoms with Gasteiger partial charge in [0, 0.05) is 6.42 Å². The molecular formula is C9H18OS. The molecule has 0 saturated heterocycles. The zero-order valence-corrected chi connectivity index (χ0v) is 8.54. The minimum absolute atomic E-state index is 0.401. The van der Waals surface area contributed by atoms with Crippen LogP contribution >= 0.6 is 11.8 Å². The Morgan fingerprint density at radius 2 is 2.09 bits per heavy atom. The van der Waals surface area contributed by atoms with Gasteiger partial charge in [-0.3, -0.25) is 4.79 Å². The van der Waals surface area contributed by atoms with Gasteiger partial charge in [-0.25, -0.2) is 0 Å². The minimum Gasteiger partial charge on any atom is -0.299 e. The van der Waals surface area contributed by atoms with Gasteiger partial charge in [-0.15, -0.1) is 0 Å². The first kappa shape index (κ1) is 11.0. The molecule has 0 N–H and O–H groups in total. The first-order valence-electron chi connectivity index (χ1n) is 4.17. The standard InChI is InChI=1S/C9H18OS/c1-8(2)5-4-6-9(10)7-11-3/h8H,4-7H2,1-3H3. The fourth-order valence-electron chi connectivity index (χ4n) is 0.941. The zero-order chi connectivity index (χ0) is 8.69. The third-order valence-electron chi connectivity index (χ3n) is 1.54. The molecule has 0 fully saturated rings. The highest BCUT2D eigenvalue weighted by Gasteiger charge is 2.00. The molecule has 0 aromatic rings. The van der Waals surface area contributed by atoms with E-state index in [1.165, 1.54) is 6.42 Å². The molecule has 0 amide bonds. The molecule has 0 spiro atoms. The second kappa shape index (κ2) is 6.71.